The fourth-order valence-corrected chi connectivity index (χ4v) is 3.20. The predicted octanol–water partition coefficient (Wildman–Crippen LogP) is 3.19. The second kappa shape index (κ2) is 4.92. The number of rotatable bonds is 1. The minimum atomic E-state index is -4.49. The van der Waals surface area contributed by atoms with Crippen LogP contribution >= 0.6 is 0 Å². The lowest BCUT2D eigenvalue weighted by molar-refractivity contribution is -0.137. The summed E-state index contributed by atoms with van der Waals surface area (Å²) in [5.41, 5.74) is -0.367. The van der Waals surface area contributed by atoms with Gasteiger partial charge in [-0.15, -0.1) is 0 Å². The van der Waals surface area contributed by atoms with Gasteiger partial charge in [0.1, 0.15) is 0 Å². The highest BCUT2D eigenvalue weighted by Crippen LogP contribution is 2.41. The summed E-state index contributed by atoms with van der Waals surface area (Å²) in [4.78, 5) is 2.05. The Labute approximate surface area is 120 Å². The molecule has 0 saturated carbocycles. The van der Waals surface area contributed by atoms with Crippen molar-refractivity contribution in [2.45, 2.75) is 19.0 Å². The Morgan fingerprint density at radius 2 is 2.10 bits per heavy atom. The number of hydrogen-bond acceptors (Lipinski definition) is 3. The van der Waals surface area contributed by atoms with Crippen LogP contribution in [-0.2, 0) is 10.9 Å². The minimum Gasteiger partial charge on any atom is -0.381 e. The summed E-state index contributed by atoms with van der Waals surface area (Å²) in [5.74, 6) is 0. The molecule has 3 nitrogen and oxygen atoms in total. The Morgan fingerprint density at radius 3 is 2.71 bits per heavy atom. The Bertz CT molecular complexity index is 586. The number of hydrogen-bond donors (Lipinski definition) is 0. The lowest BCUT2D eigenvalue weighted by Gasteiger charge is -2.24. The first-order valence-corrected chi connectivity index (χ1v) is 6.88. The van der Waals surface area contributed by atoms with Crippen molar-refractivity contribution < 1.29 is 17.9 Å². The number of alkyl halides is 3. The predicted molar refractivity (Wildman–Crippen MR) is 70.9 cm³/mol. The second-order valence-corrected chi connectivity index (χ2v) is 5.81. The van der Waals surface area contributed by atoms with Crippen molar-refractivity contribution in [2.75, 3.05) is 31.2 Å². The molecule has 0 aromatic heterocycles. The molecule has 112 valence electrons. The maximum Gasteiger partial charge on any atom is 0.417 e. The van der Waals surface area contributed by atoms with E-state index >= 15 is 0 Å². The molecule has 3 rings (SSSR count). The largest absolute Gasteiger partial charge is 0.417 e. The molecule has 2 aliphatic rings. The topological polar surface area (TPSA) is 36.3 Å². The van der Waals surface area contributed by atoms with Crippen molar-refractivity contribution in [1.82, 2.24) is 0 Å². The van der Waals surface area contributed by atoms with Gasteiger partial charge in [0.15, 0.2) is 0 Å². The fourth-order valence-electron chi connectivity index (χ4n) is 3.20. The van der Waals surface area contributed by atoms with Crippen molar-refractivity contribution in [3.05, 3.63) is 29.3 Å². The monoisotopic (exact) mass is 296 g/mol. The summed E-state index contributed by atoms with van der Waals surface area (Å²) in [7, 11) is 0. The van der Waals surface area contributed by atoms with Gasteiger partial charge in [-0.2, -0.15) is 18.4 Å². The molecule has 6 heteroatoms. The van der Waals surface area contributed by atoms with Gasteiger partial charge in [0.25, 0.3) is 0 Å². The molecule has 2 aliphatic heterocycles. The average Bonchev–Trinajstić information content (AvgIpc) is 3.08. The van der Waals surface area contributed by atoms with Crippen molar-refractivity contribution in [3.8, 4) is 6.07 Å². The Balaban J connectivity index is 1.86. The van der Waals surface area contributed by atoms with E-state index in [4.69, 9.17) is 10.00 Å². The number of nitriles is 1. The third-order valence-electron chi connectivity index (χ3n) is 4.42. The summed E-state index contributed by atoms with van der Waals surface area (Å²) in [6.07, 6.45) is -2.51. The van der Waals surface area contributed by atoms with Crippen molar-refractivity contribution in [3.63, 3.8) is 0 Å². The van der Waals surface area contributed by atoms with Gasteiger partial charge in [0.2, 0.25) is 0 Å². The van der Waals surface area contributed by atoms with E-state index in [9.17, 15) is 13.2 Å². The Morgan fingerprint density at radius 1 is 1.29 bits per heavy atom. The van der Waals surface area contributed by atoms with Crippen LogP contribution in [0.3, 0.4) is 0 Å². The number of benzene rings is 1. The zero-order chi connectivity index (χ0) is 15.1. The van der Waals surface area contributed by atoms with Gasteiger partial charge in [-0.25, -0.2) is 0 Å². The maximum atomic E-state index is 12.8. The summed E-state index contributed by atoms with van der Waals surface area (Å²) in [5, 5.41) is 8.97. The van der Waals surface area contributed by atoms with Gasteiger partial charge < -0.3 is 9.64 Å². The van der Waals surface area contributed by atoms with E-state index < -0.39 is 11.7 Å². The third kappa shape index (κ3) is 2.58. The molecule has 2 heterocycles. The summed E-state index contributed by atoms with van der Waals surface area (Å²) in [6.45, 7) is 3.04. The molecule has 0 aliphatic carbocycles. The molecule has 1 aromatic rings. The number of anilines is 1. The molecule has 2 fully saturated rings. The van der Waals surface area contributed by atoms with Crippen LogP contribution in [0.5, 0.6) is 0 Å². The van der Waals surface area contributed by atoms with E-state index in [1.54, 1.807) is 6.07 Å². The maximum absolute atomic E-state index is 12.8. The van der Waals surface area contributed by atoms with E-state index in [0.29, 0.717) is 5.69 Å². The first-order chi connectivity index (χ1) is 9.93. The molecule has 0 bridgehead atoms. The van der Waals surface area contributed by atoms with E-state index in [1.807, 2.05) is 0 Å². The summed E-state index contributed by atoms with van der Waals surface area (Å²) >= 11 is 0. The third-order valence-corrected chi connectivity index (χ3v) is 4.42. The zero-order valence-corrected chi connectivity index (χ0v) is 11.4. The van der Waals surface area contributed by atoms with Crippen LogP contribution in [0.25, 0.3) is 0 Å². The molecule has 0 radical (unpaired) electrons. The molecule has 1 atom stereocenters. The quantitative estimate of drug-likeness (QED) is 0.798. The second-order valence-electron chi connectivity index (χ2n) is 5.81. The van der Waals surface area contributed by atoms with Crippen LogP contribution in [-0.4, -0.2) is 26.3 Å². The lowest BCUT2D eigenvalue weighted by atomic mass is 9.87. The first kappa shape index (κ1) is 14.2. The van der Waals surface area contributed by atoms with Gasteiger partial charge in [0.05, 0.1) is 23.8 Å². The molecule has 0 unspecified atom stereocenters. The number of halogens is 3. The zero-order valence-electron chi connectivity index (χ0n) is 11.4. The standard InChI is InChI=1S/C15H15F3N2O/c16-15(17,18)13-2-1-12(7-11(13)8-19)20-5-3-14(9-20)4-6-21-10-14/h1-2,7H,3-6,9-10H2/t14-/m0/s1. The molecular formula is C15H15F3N2O. The molecule has 1 spiro atoms. The smallest absolute Gasteiger partial charge is 0.381 e. The molecular weight excluding hydrogens is 281 g/mol. The average molecular weight is 296 g/mol. The summed E-state index contributed by atoms with van der Waals surface area (Å²) in [6, 6.07) is 5.46. The van der Waals surface area contributed by atoms with Crippen molar-refractivity contribution >= 4 is 5.69 Å². The molecule has 1 aromatic carbocycles. The van der Waals surface area contributed by atoms with Crippen LogP contribution in [0.4, 0.5) is 18.9 Å². The highest BCUT2D eigenvalue weighted by molar-refractivity contribution is 5.56. The molecule has 0 amide bonds. The van der Waals surface area contributed by atoms with Gasteiger partial charge in [-0.1, -0.05) is 0 Å². The van der Waals surface area contributed by atoms with Crippen LogP contribution in [0.1, 0.15) is 24.0 Å². The van der Waals surface area contributed by atoms with Crippen LogP contribution in [0, 0.1) is 16.7 Å². The number of nitrogens with zero attached hydrogens (tertiary/aromatic N) is 2. The van der Waals surface area contributed by atoms with Crippen LogP contribution in [0.15, 0.2) is 18.2 Å². The van der Waals surface area contributed by atoms with Gasteiger partial charge in [-0.05, 0) is 31.0 Å². The van der Waals surface area contributed by atoms with Crippen molar-refractivity contribution in [1.29, 1.82) is 5.26 Å². The normalized spacial score (nSPS) is 25.5. The van der Waals surface area contributed by atoms with Crippen LogP contribution in [0.2, 0.25) is 0 Å². The van der Waals surface area contributed by atoms with Gasteiger partial charge >= 0.3 is 6.18 Å². The Kier molecular flexibility index (Phi) is 3.33. The highest BCUT2D eigenvalue weighted by Gasteiger charge is 2.41. The van der Waals surface area contributed by atoms with Crippen molar-refractivity contribution in [2.24, 2.45) is 5.41 Å². The molecule has 2 saturated heterocycles. The first-order valence-electron chi connectivity index (χ1n) is 6.88. The fraction of sp³-hybridized carbons (Fsp3) is 0.533. The van der Waals surface area contributed by atoms with E-state index in [1.165, 1.54) is 12.1 Å². The van der Waals surface area contributed by atoms with E-state index in [-0.39, 0.29) is 11.0 Å². The SMILES string of the molecule is N#Cc1cc(N2CC[C@]3(CCOC3)C2)ccc1C(F)(F)F. The molecule has 0 N–H and O–H groups in total. The number of ether oxygens (including phenoxy) is 1. The minimum absolute atomic E-state index is 0.134. The lowest BCUT2D eigenvalue weighted by Crippen LogP contribution is -2.27. The highest BCUT2D eigenvalue weighted by atomic mass is 19.4. The molecule has 21 heavy (non-hydrogen) atoms. The van der Waals surface area contributed by atoms with Gasteiger partial charge in [0, 0.05) is 30.8 Å². The van der Waals surface area contributed by atoms with E-state index in [2.05, 4.69) is 4.90 Å². The Hall–Kier alpha value is -1.74. The van der Waals surface area contributed by atoms with Gasteiger partial charge in [-0.3, -0.25) is 0 Å². The summed E-state index contributed by atoms with van der Waals surface area (Å²) < 4.78 is 43.9. The van der Waals surface area contributed by atoms with E-state index in [0.717, 1.165) is 45.2 Å². The van der Waals surface area contributed by atoms with Crippen LogP contribution < -0.4 is 4.90 Å².